The minimum Gasteiger partial charge on any atom is -0.368 e. The van der Waals surface area contributed by atoms with Crippen LogP contribution in [0.2, 0.25) is 0 Å². The van der Waals surface area contributed by atoms with Crippen molar-refractivity contribution in [2.75, 3.05) is 6.54 Å². The Bertz CT molecular complexity index is 561. The maximum atomic E-state index is 13.4. The number of carbonyl (C=O) groups is 2. The van der Waals surface area contributed by atoms with Gasteiger partial charge in [-0.2, -0.15) is 5.10 Å². The second kappa shape index (κ2) is 5.74. The van der Waals surface area contributed by atoms with Crippen molar-refractivity contribution in [3.63, 3.8) is 0 Å². The lowest BCUT2D eigenvalue weighted by molar-refractivity contribution is -0.138. The van der Waals surface area contributed by atoms with E-state index in [1.54, 1.807) is 0 Å². The van der Waals surface area contributed by atoms with E-state index in [1.807, 2.05) is 0 Å². The van der Waals surface area contributed by atoms with Gasteiger partial charge in [0.15, 0.2) is 0 Å². The van der Waals surface area contributed by atoms with Crippen LogP contribution in [0.3, 0.4) is 0 Å². The molecule has 0 radical (unpaired) electrons. The molecule has 21 heavy (non-hydrogen) atoms. The van der Waals surface area contributed by atoms with Gasteiger partial charge in [0.05, 0.1) is 12.2 Å². The molecule has 2 unspecified atom stereocenters. The molecule has 2 heterocycles. The number of carbonyl (C=O) groups excluding carboxylic acids is 2. The molecule has 0 spiro atoms. The van der Waals surface area contributed by atoms with E-state index >= 15 is 0 Å². The van der Waals surface area contributed by atoms with Crippen LogP contribution < -0.4 is 5.73 Å². The molecule has 0 aromatic carbocycles. The molecule has 1 aromatic heterocycles. The summed E-state index contributed by atoms with van der Waals surface area (Å²) in [5.41, 5.74) is 5.07. The average molecular weight is 304 g/mol. The molecule has 2 rings (SSSR count). The Hall–Kier alpha value is -2.06. The SMILES string of the molecule is Cc1cc(C(F)F)n(CC(=O)N2CC(F)CC2C(N)=O)n1. The number of aryl methyl sites for hydroxylation is 1. The highest BCUT2D eigenvalue weighted by molar-refractivity contribution is 5.87. The zero-order valence-corrected chi connectivity index (χ0v) is 11.3. The smallest absolute Gasteiger partial charge is 0.280 e. The summed E-state index contributed by atoms with van der Waals surface area (Å²) in [7, 11) is 0. The van der Waals surface area contributed by atoms with Gasteiger partial charge in [0.2, 0.25) is 11.8 Å². The summed E-state index contributed by atoms with van der Waals surface area (Å²) in [6.45, 7) is 0.771. The fourth-order valence-electron chi connectivity index (χ4n) is 2.42. The first-order valence-corrected chi connectivity index (χ1v) is 6.35. The standard InChI is InChI=1S/C12H15F3N4O2/c1-6-2-8(11(14)15)19(17-6)5-10(20)18-4-7(13)3-9(18)12(16)21/h2,7,9,11H,3-5H2,1H3,(H2,16,21). The molecular formula is C12H15F3N4O2. The fraction of sp³-hybridized carbons (Fsp3) is 0.583. The summed E-state index contributed by atoms with van der Waals surface area (Å²) in [6, 6.07) is 0.130. The number of rotatable bonds is 4. The lowest BCUT2D eigenvalue weighted by Gasteiger charge is -2.22. The molecule has 0 aliphatic carbocycles. The number of amides is 2. The fourth-order valence-corrected chi connectivity index (χ4v) is 2.42. The van der Waals surface area contributed by atoms with Gasteiger partial charge in [-0.15, -0.1) is 0 Å². The highest BCUT2D eigenvalue weighted by Crippen LogP contribution is 2.23. The van der Waals surface area contributed by atoms with Gasteiger partial charge in [-0.3, -0.25) is 14.3 Å². The van der Waals surface area contributed by atoms with E-state index in [0.29, 0.717) is 5.69 Å². The molecule has 9 heteroatoms. The van der Waals surface area contributed by atoms with Crippen LogP contribution in [0.5, 0.6) is 0 Å². The Labute approximate surface area is 118 Å². The zero-order chi connectivity index (χ0) is 15.7. The van der Waals surface area contributed by atoms with Gasteiger partial charge in [0.25, 0.3) is 6.43 Å². The van der Waals surface area contributed by atoms with Crippen LogP contribution in [0.15, 0.2) is 6.07 Å². The molecule has 116 valence electrons. The molecule has 1 saturated heterocycles. The molecule has 1 aliphatic rings. The lowest BCUT2D eigenvalue weighted by Crippen LogP contribution is -2.45. The van der Waals surface area contributed by atoms with Gasteiger partial charge in [0, 0.05) is 6.42 Å². The summed E-state index contributed by atoms with van der Waals surface area (Å²) >= 11 is 0. The Morgan fingerprint density at radius 2 is 2.19 bits per heavy atom. The van der Waals surface area contributed by atoms with Crippen molar-refractivity contribution in [2.24, 2.45) is 5.73 Å². The normalized spacial score (nSPS) is 22.0. The van der Waals surface area contributed by atoms with Gasteiger partial charge >= 0.3 is 0 Å². The predicted molar refractivity (Wildman–Crippen MR) is 66.1 cm³/mol. The van der Waals surface area contributed by atoms with E-state index < -0.39 is 42.7 Å². The summed E-state index contributed by atoms with van der Waals surface area (Å²) < 4.78 is 39.8. The van der Waals surface area contributed by atoms with E-state index in [-0.39, 0.29) is 13.0 Å². The van der Waals surface area contributed by atoms with Crippen molar-refractivity contribution >= 4 is 11.8 Å². The number of hydrogen-bond acceptors (Lipinski definition) is 3. The molecular weight excluding hydrogens is 289 g/mol. The third-order valence-electron chi connectivity index (χ3n) is 3.34. The number of alkyl halides is 3. The van der Waals surface area contributed by atoms with Gasteiger partial charge in [-0.05, 0) is 13.0 Å². The topological polar surface area (TPSA) is 81.2 Å². The zero-order valence-electron chi connectivity index (χ0n) is 11.3. The van der Waals surface area contributed by atoms with Crippen LogP contribution >= 0.6 is 0 Å². The van der Waals surface area contributed by atoms with E-state index in [0.717, 1.165) is 9.58 Å². The van der Waals surface area contributed by atoms with Gasteiger partial charge < -0.3 is 10.6 Å². The van der Waals surface area contributed by atoms with Crippen LogP contribution in [0.4, 0.5) is 13.2 Å². The van der Waals surface area contributed by atoms with Crippen LogP contribution in [0.25, 0.3) is 0 Å². The Kier molecular flexibility index (Phi) is 4.19. The minimum atomic E-state index is -2.78. The highest BCUT2D eigenvalue weighted by Gasteiger charge is 2.38. The largest absolute Gasteiger partial charge is 0.368 e. The molecule has 0 bridgehead atoms. The quantitative estimate of drug-likeness (QED) is 0.882. The van der Waals surface area contributed by atoms with Crippen molar-refractivity contribution in [2.45, 2.75) is 38.5 Å². The molecule has 0 saturated carbocycles. The summed E-state index contributed by atoms with van der Waals surface area (Å²) in [5.74, 6) is -1.47. The van der Waals surface area contributed by atoms with E-state index in [9.17, 15) is 22.8 Å². The first-order chi connectivity index (χ1) is 9.79. The summed E-state index contributed by atoms with van der Waals surface area (Å²) in [4.78, 5) is 24.3. The second-order valence-electron chi connectivity index (χ2n) is 4.97. The molecule has 1 aliphatic heterocycles. The summed E-state index contributed by atoms with van der Waals surface area (Å²) in [6.07, 6.45) is -4.29. The molecule has 2 N–H and O–H groups in total. The van der Waals surface area contributed by atoms with Crippen LogP contribution in [0.1, 0.15) is 24.2 Å². The predicted octanol–water partition coefficient (Wildman–Crippen LogP) is 0.553. The van der Waals surface area contributed by atoms with Crippen molar-refractivity contribution < 1.29 is 22.8 Å². The third kappa shape index (κ3) is 3.17. The van der Waals surface area contributed by atoms with Crippen molar-refractivity contribution in [3.05, 3.63) is 17.5 Å². The molecule has 2 amide bonds. The number of primary amides is 1. The maximum Gasteiger partial charge on any atom is 0.280 e. The van der Waals surface area contributed by atoms with Gasteiger partial charge in [0.1, 0.15) is 24.5 Å². The molecule has 1 fully saturated rings. The Morgan fingerprint density at radius 1 is 1.52 bits per heavy atom. The Balaban J connectivity index is 2.16. The number of nitrogens with zero attached hydrogens (tertiary/aromatic N) is 3. The van der Waals surface area contributed by atoms with Crippen molar-refractivity contribution in [3.8, 4) is 0 Å². The first-order valence-electron chi connectivity index (χ1n) is 6.35. The van der Waals surface area contributed by atoms with Crippen molar-refractivity contribution in [1.29, 1.82) is 0 Å². The minimum absolute atomic E-state index is 0.166. The number of halogens is 3. The molecule has 2 atom stereocenters. The first kappa shape index (κ1) is 15.3. The second-order valence-corrected chi connectivity index (χ2v) is 4.97. The van der Waals surface area contributed by atoms with E-state index in [4.69, 9.17) is 5.73 Å². The van der Waals surface area contributed by atoms with Crippen LogP contribution in [0, 0.1) is 6.92 Å². The third-order valence-corrected chi connectivity index (χ3v) is 3.34. The van der Waals surface area contributed by atoms with Crippen LogP contribution in [-0.2, 0) is 16.1 Å². The Morgan fingerprint density at radius 3 is 2.76 bits per heavy atom. The average Bonchev–Trinajstić information content (AvgIpc) is 2.92. The maximum absolute atomic E-state index is 13.4. The van der Waals surface area contributed by atoms with Crippen LogP contribution in [-0.4, -0.2) is 45.3 Å². The number of hydrogen-bond donors (Lipinski definition) is 1. The number of aromatic nitrogens is 2. The highest BCUT2D eigenvalue weighted by atomic mass is 19.3. The lowest BCUT2D eigenvalue weighted by atomic mass is 10.2. The monoisotopic (exact) mass is 304 g/mol. The van der Waals surface area contributed by atoms with E-state index in [2.05, 4.69) is 5.10 Å². The van der Waals surface area contributed by atoms with Crippen molar-refractivity contribution in [1.82, 2.24) is 14.7 Å². The molecule has 6 nitrogen and oxygen atoms in total. The number of likely N-dealkylation sites (tertiary alicyclic amines) is 1. The summed E-state index contributed by atoms with van der Waals surface area (Å²) in [5, 5.41) is 3.81. The van der Waals surface area contributed by atoms with E-state index in [1.165, 1.54) is 13.0 Å². The van der Waals surface area contributed by atoms with Gasteiger partial charge in [-0.1, -0.05) is 0 Å². The molecule has 1 aromatic rings. The number of nitrogens with two attached hydrogens (primary N) is 1. The van der Waals surface area contributed by atoms with Gasteiger partial charge in [-0.25, -0.2) is 13.2 Å².